The van der Waals surface area contributed by atoms with Crippen LogP contribution in [-0.4, -0.2) is 37.0 Å². The molecule has 1 unspecified atom stereocenters. The van der Waals surface area contributed by atoms with E-state index in [0.717, 1.165) is 0 Å². The molecule has 0 fully saturated rings. The third-order valence-corrected chi connectivity index (χ3v) is 2.57. The van der Waals surface area contributed by atoms with Gasteiger partial charge in [-0.3, -0.25) is 9.59 Å². The largest absolute Gasteiger partial charge is 0.464 e. The van der Waals surface area contributed by atoms with Crippen molar-refractivity contribution in [3.8, 4) is 0 Å². The molecule has 0 aromatic carbocycles. The van der Waals surface area contributed by atoms with Gasteiger partial charge in [0.15, 0.2) is 0 Å². The topological polar surface area (TPSA) is 84.5 Å². The molecule has 0 saturated heterocycles. The summed E-state index contributed by atoms with van der Waals surface area (Å²) in [6.07, 6.45) is 0.789. The van der Waals surface area contributed by atoms with Gasteiger partial charge in [0.1, 0.15) is 6.04 Å². The van der Waals surface area contributed by atoms with E-state index >= 15 is 0 Å². The molecule has 0 heterocycles. The van der Waals surface area contributed by atoms with Crippen molar-refractivity contribution in [2.75, 3.05) is 13.2 Å². The zero-order valence-electron chi connectivity index (χ0n) is 13.0. The van der Waals surface area contributed by atoms with Crippen LogP contribution in [-0.2, 0) is 19.1 Å². The van der Waals surface area contributed by atoms with Gasteiger partial charge in [-0.1, -0.05) is 20.8 Å². The summed E-state index contributed by atoms with van der Waals surface area (Å²) in [5.41, 5.74) is -0.430. The van der Waals surface area contributed by atoms with Gasteiger partial charge in [-0.2, -0.15) is 0 Å². The average Bonchev–Trinajstić information content (AvgIpc) is 2.33. The van der Waals surface area contributed by atoms with Gasteiger partial charge in [-0.25, -0.2) is 4.79 Å². The first-order chi connectivity index (χ1) is 9.18. The summed E-state index contributed by atoms with van der Waals surface area (Å²) in [5.74, 6) is -0.713. The van der Waals surface area contributed by atoms with Crippen LogP contribution < -0.4 is 10.6 Å². The lowest BCUT2D eigenvalue weighted by atomic mass is 9.96. The minimum absolute atomic E-state index is 0.0437. The molecule has 0 aliphatic carbocycles. The van der Waals surface area contributed by atoms with Gasteiger partial charge in [0, 0.05) is 18.4 Å². The smallest absolute Gasteiger partial charge is 0.328 e. The van der Waals surface area contributed by atoms with Crippen LogP contribution in [0.5, 0.6) is 0 Å². The first-order valence-electron chi connectivity index (χ1n) is 6.92. The van der Waals surface area contributed by atoms with Crippen molar-refractivity contribution in [1.29, 1.82) is 0 Å². The van der Waals surface area contributed by atoms with Crippen molar-refractivity contribution in [3.63, 3.8) is 0 Å². The third-order valence-electron chi connectivity index (χ3n) is 2.57. The maximum absolute atomic E-state index is 11.6. The van der Waals surface area contributed by atoms with Crippen LogP contribution in [0.15, 0.2) is 0 Å². The molecule has 0 aliphatic heterocycles. The third kappa shape index (κ3) is 7.76. The monoisotopic (exact) mass is 286 g/mol. The zero-order valence-corrected chi connectivity index (χ0v) is 13.0. The van der Waals surface area contributed by atoms with Crippen LogP contribution in [0.4, 0.5) is 0 Å². The highest BCUT2D eigenvalue weighted by molar-refractivity contribution is 5.84. The van der Waals surface area contributed by atoms with E-state index < -0.39 is 17.4 Å². The number of carbonyl (C=O) groups is 3. The van der Waals surface area contributed by atoms with Crippen LogP contribution in [0, 0.1) is 5.41 Å². The van der Waals surface area contributed by atoms with Crippen LogP contribution in [0.2, 0.25) is 0 Å². The van der Waals surface area contributed by atoms with Gasteiger partial charge in [0.25, 0.3) is 0 Å². The second-order valence-electron chi connectivity index (χ2n) is 5.65. The Bertz CT molecular complexity index is 348. The van der Waals surface area contributed by atoms with Crippen molar-refractivity contribution < 1.29 is 19.1 Å². The Balaban J connectivity index is 3.85. The van der Waals surface area contributed by atoms with Gasteiger partial charge >= 0.3 is 5.97 Å². The number of rotatable bonds is 7. The average molecular weight is 286 g/mol. The molecule has 0 rings (SSSR count). The molecule has 6 nitrogen and oxygen atoms in total. The first-order valence-corrected chi connectivity index (χ1v) is 6.92. The highest BCUT2D eigenvalue weighted by Gasteiger charge is 2.20. The summed E-state index contributed by atoms with van der Waals surface area (Å²) < 4.78 is 4.79. The van der Waals surface area contributed by atoms with E-state index in [1.54, 1.807) is 13.8 Å². The molecular formula is C14H26N2O4. The molecule has 0 aromatic rings. The summed E-state index contributed by atoms with van der Waals surface area (Å²) in [4.78, 5) is 34.5. The Morgan fingerprint density at radius 3 is 2.30 bits per heavy atom. The zero-order chi connectivity index (χ0) is 15.8. The Labute approximate surface area is 120 Å². The van der Waals surface area contributed by atoms with E-state index in [1.165, 1.54) is 0 Å². The standard InChI is InChI=1S/C14H26N2O4/c1-6-20-12(18)10(2)16-11(17)8-7-9-15-13(19)14(3,4)5/h10H,6-9H2,1-5H3,(H,15,19)(H,16,17). The van der Waals surface area contributed by atoms with Crippen molar-refractivity contribution >= 4 is 17.8 Å². The summed E-state index contributed by atoms with van der Waals surface area (Å²) in [7, 11) is 0. The molecule has 0 aliphatic rings. The lowest BCUT2D eigenvalue weighted by Crippen LogP contribution is -2.40. The van der Waals surface area contributed by atoms with Gasteiger partial charge in [0.2, 0.25) is 11.8 Å². The molecule has 6 heteroatoms. The minimum atomic E-state index is -0.647. The van der Waals surface area contributed by atoms with E-state index in [-0.39, 0.29) is 24.8 Å². The second-order valence-corrected chi connectivity index (χ2v) is 5.65. The maximum atomic E-state index is 11.6. The van der Waals surface area contributed by atoms with Crippen molar-refractivity contribution in [2.45, 2.75) is 53.5 Å². The van der Waals surface area contributed by atoms with E-state index in [1.807, 2.05) is 20.8 Å². The Morgan fingerprint density at radius 2 is 1.80 bits per heavy atom. The number of carbonyl (C=O) groups excluding carboxylic acids is 3. The fourth-order valence-corrected chi connectivity index (χ4v) is 1.36. The van der Waals surface area contributed by atoms with Crippen molar-refractivity contribution in [1.82, 2.24) is 10.6 Å². The highest BCUT2D eigenvalue weighted by Crippen LogP contribution is 2.12. The molecule has 0 saturated carbocycles. The Kier molecular flexibility index (Phi) is 7.87. The molecule has 116 valence electrons. The molecule has 0 radical (unpaired) electrons. The molecule has 2 N–H and O–H groups in total. The lowest BCUT2D eigenvalue weighted by molar-refractivity contribution is -0.146. The minimum Gasteiger partial charge on any atom is -0.464 e. The Hall–Kier alpha value is -1.59. The molecule has 20 heavy (non-hydrogen) atoms. The lowest BCUT2D eigenvalue weighted by Gasteiger charge is -2.17. The van der Waals surface area contributed by atoms with E-state index in [2.05, 4.69) is 10.6 Å². The summed E-state index contributed by atoms with van der Waals surface area (Å²) in [5, 5.41) is 5.32. The van der Waals surface area contributed by atoms with Crippen LogP contribution in [0.25, 0.3) is 0 Å². The molecular weight excluding hydrogens is 260 g/mol. The number of hydrogen-bond donors (Lipinski definition) is 2. The highest BCUT2D eigenvalue weighted by atomic mass is 16.5. The predicted octanol–water partition coefficient (Wildman–Crippen LogP) is 0.997. The van der Waals surface area contributed by atoms with E-state index in [9.17, 15) is 14.4 Å². The quantitative estimate of drug-likeness (QED) is 0.540. The fraction of sp³-hybridized carbons (Fsp3) is 0.786. The van der Waals surface area contributed by atoms with Crippen LogP contribution in [0.3, 0.4) is 0 Å². The number of hydrogen-bond acceptors (Lipinski definition) is 4. The summed E-state index contributed by atoms with van der Waals surface area (Å²) >= 11 is 0. The van der Waals surface area contributed by atoms with E-state index in [4.69, 9.17) is 4.74 Å². The molecule has 0 spiro atoms. The second kappa shape index (κ2) is 8.55. The normalized spacial score (nSPS) is 12.4. The predicted molar refractivity (Wildman–Crippen MR) is 75.9 cm³/mol. The number of esters is 1. The summed E-state index contributed by atoms with van der Waals surface area (Å²) in [6.45, 7) is 9.51. The number of nitrogens with one attached hydrogen (secondary N) is 2. The van der Waals surface area contributed by atoms with E-state index in [0.29, 0.717) is 13.0 Å². The molecule has 0 bridgehead atoms. The maximum Gasteiger partial charge on any atom is 0.328 e. The first kappa shape index (κ1) is 18.4. The van der Waals surface area contributed by atoms with Crippen molar-refractivity contribution in [2.24, 2.45) is 5.41 Å². The Morgan fingerprint density at radius 1 is 1.20 bits per heavy atom. The van der Waals surface area contributed by atoms with Crippen LogP contribution in [0.1, 0.15) is 47.5 Å². The summed E-state index contributed by atoms with van der Waals surface area (Å²) in [6, 6.07) is -0.647. The molecule has 2 amide bonds. The van der Waals surface area contributed by atoms with Crippen molar-refractivity contribution in [3.05, 3.63) is 0 Å². The van der Waals surface area contributed by atoms with Gasteiger partial charge in [-0.15, -0.1) is 0 Å². The molecule has 0 aromatic heterocycles. The number of ether oxygens (including phenoxy) is 1. The number of amides is 2. The van der Waals surface area contributed by atoms with Gasteiger partial charge in [0.05, 0.1) is 6.61 Å². The molecule has 1 atom stereocenters. The fourth-order valence-electron chi connectivity index (χ4n) is 1.36. The van der Waals surface area contributed by atoms with Crippen LogP contribution >= 0.6 is 0 Å². The SMILES string of the molecule is CCOC(=O)C(C)NC(=O)CCCNC(=O)C(C)(C)C. The van der Waals surface area contributed by atoms with Gasteiger partial charge < -0.3 is 15.4 Å². The van der Waals surface area contributed by atoms with Gasteiger partial charge in [-0.05, 0) is 20.3 Å².